The molecule has 0 N–H and O–H groups in total. The van der Waals surface area contributed by atoms with Crippen LogP contribution in [-0.4, -0.2) is 11.6 Å². The Hall–Kier alpha value is -1.24. The van der Waals surface area contributed by atoms with Gasteiger partial charge in [-0.05, 0) is 38.5 Å². The predicted octanol–water partition coefficient (Wildman–Crippen LogP) is 4.33. The molecule has 0 aromatic heterocycles. The summed E-state index contributed by atoms with van der Waals surface area (Å²) in [5.74, 6) is -1.07. The molecule has 1 aromatic carbocycles. The molecule has 1 rings (SSSR count). The molecule has 0 saturated carbocycles. The van der Waals surface area contributed by atoms with Crippen molar-refractivity contribution in [3.05, 3.63) is 33.8 Å². The molecule has 102 valence electrons. The van der Waals surface area contributed by atoms with Crippen LogP contribution in [0.4, 0.5) is 0 Å². The molecule has 0 heterocycles. The van der Waals surface area contributed by atoms with E-state index in [9.17, 15) is 10.1 Å². The van der Waals surface area contributed by atoms with Gasteiger partial charge < -0.3 is 4.74 Å². The largest absolute Gasteiger partial charge is 0.460 e. The number of halogens is 2. The third-order valence-electron chi connectivity index (χ3n) is 2.28. The Kier molecular flexibility index (Phi) is 5.22. The Morgan fingerprint density at radius 1 is 1.42 bits per heavy atom. The van der Waals surface area contributed by atoms with Crippen molar-refractivity contribution in [3.63, 3.8) is 0 Å². The number of carbonyl (C=O) groups excluding carboxylic acids is 1. The lowest BCUT2D eigenvalue weighted by Crippen LogP contribution is -2.24. The minimum atomic E-state index is -0.639. The van der Waals surface area contributed by atoms with Crippen LogP contribution in [0.1, 0.15) is 38.7 Å². The number of nitrogens with zero attached hydrogens (tertiary/aromatic N) is 1. The van der Waals surface area contributed by atoms with E-state index in [0.29, 0.717) is 15.6 Å². The molecule has 0 aliphatic carbocycles. The van der Waals surface area contributed by atoms with Crippen LogP contribution < -0.4 is 0 Å². The third kappa shape index (κ3) is 5.10. The van der Waals surface area contributed by atoms with E-state index in [-0.39, 0.29) is 6.42 Å². The monoisotopic (exact) mass is 299 g/mol. The zero-order valence-electron chi connectivity index (χ0n) is 11.0. The Bertz CT molecular complexity index is 515. The van der Waals surface area contributed by atoms with Gasteiger partial charge in [-0.3, -0.25) is 4.79 Å². The highest BCUT2D eigenvalue weighted by Gasteiger charge is 2.23. The highest BCUT2D eigenvalue weighted by atomic mass is 35.5. The molecular weight excluding hydrogens is 285 g/mol. The van der Waals surface area contributed by atoms with Crippen molar-refractivity contribution in [3.8, 4) is 6.07 Å². The van der Waals surface area contributed by atoms with Gasteiger partial charge in [0, 0.05) is 10.0 Å². The number of nitriles is 1. The second-order valence-corrected chi connectivity index (χ2v) is 5.98. The van der Waals surface area contributed by atoms with Gasteiger partial charge in [-0.1, -0.05) is 29.3 Å². The van der Waals surface area contributed by atoms with Gasteiger partial charge in [-0.2, -0.15) is 5.26 Å². The van der Waals surface area contributed by atoms with Crippen LogP contribution in [-0.2, 0) is 9.53 Å². The summed E-state index contributed by atoms with van der Waals surface area (Å²) < 4.78 is 5.20. The van der Waals surface area contributed by atoms with Crippen LogP contribution in [0.5, 0.6) is 0 Å². The van der Waals surface area contributed by atoms with Gasteiger partial charge in [0.15, 0.2) is 0 Å². The van der Waals surface area contributed by atoms with Crippen molar-refractivity contribution in [2.24, 2.45) is 0 Å². The zero-order chi connectivity index (χ0) is 14.6. The predicted molar refractivity (Wildman–Crippen MR) is 75.3 cm³/mol. The molecule has 0 fully saturated rings. The summed E-state index contributed by atoms with van der Waals surface area (Å²) >= 11 is 11.8. The number of hydrogen-bond acceptors (Lipinski definition) is 3. The summed E-state index contributed by atoms with van der Waals surface area (Å²) in [6, 6.07) is 6.92. The van der Waals surface area contributed by atoms with Crippen LogP contribution >= 0.6 is 23.2 Å². The molecule has 0 aliphatic heterocycles. The third-order valence-corrected chi connectivity index (χ3v) is 2.85. The van der Waals surface area contributed by atoms with Crippen molar-refractivity contribution in [2.75, 3.05) is 0 Å². The Labute approximate surface area is 123 Å². The molecule has 0 amide bonds. The van der Waals surface area contributed by atoms with Gasteiger partial charge in [0.25, 0.3) is 0 Å². The number of hydrogen-bond donors (Lipinski definition) is 0. The fraction of sp³-hybridized carbons (Fsp3) is 0.429. The van der Waals surface area contributed by atoms with E-state index in [4.69, 9.17) is 27.9 Å². The summed E-state index contributed by atoms with van der Waals surface area (Å²) in [5.41, 5.74) is 0.0142. The first-order valence-electron chi connectivity index (χ1n) is 5.79. The molecule has 0 spiro atoms. The molecule has 0 radical (unpaired) electrons. The van der Waals surface area contributed by atoms with Crippen LogP contribution in [0.15, 0.2) is 18.2 Å². The van der Waals surface area contributed by atoms with E-state index in [1.807, 2.05) is 0 Å². The summed E-state index contributed by atoms with van der Waals surface area (Å²) in [7, 11) is 0. The van der Waals surface area contributed by atoms with Crippen LogP contribution in [0, 0.1) is 11.3 Å². The number of carbonyl (C=O) groups is 1. The molecule has 1 aromatic rings. The first kappa shape index (κ1) is 15.8. The number of esters is 1. The molecule has 5 heteroatoms. The summed E-state index contributed by atoms with van der Waals surface area (Å²) in [6.45, 7) is 5.34. The molecule has 0 aliphatic rings. The van der Waals surface area contributed by atoms with Gasteiger partial charge in [-0.25, -0.2) is 0 Å². The van der Waals surface area contributed by atoms with Gasteiger partial charge in [-0.15, -0.1) is 0 Å². The second-order valence-electron chi connectivity index (χ2n) is 5.14. The smallest absolute Gasteiger partial charge is 0.307 e. The number of benzene rings is 1. The van der Waals surface area contributed by atoms with Gasteiger partial charge in [0.05, 0.1) is 18.4 Å². The SMILES string of the molecule is CC(C)(C)OC(=O)CC(C#N)c1ccc(Cl)cc1Cl. The van der Waals surface area contributed by atoms with E-state index in [0.717, 1.165) is 0 Å². The van der Waals surface area contributed by atoms with Crippen molar-refractivity contribution in [1.29, 1.82) is 5.26 Å². The van der Waals surface area contributed by atoms with Crippen molar-refractivity contribution < 1.29 is 9.53 Å². The molecule has 19 heavy (non-hydrogen) atoms. The second kappa shape index (κ2) is 6.27. The zero-order valence-corrected chi connectivity index (χ0v) is 12.5. The maximum absolute atomic E-state index is 11.7. The summed E-state index contributed by atoms with van der Waals surface area (Å²) in [5, 5.41) is 10.0. The maximum Gasteiger partial charge on any atom is 0.307 e. The fourth-order valence-electron chi connectivity index (χ4n) is 1.56. The Morgan fingerprint density at radius 3 is 2.53 bits per heavy atom. The fourth-order valence-corrected chi connectivity index (χ4v) is 2.10. The lowest BCUT2D eigenvalue weighted by atomic mass is 9.97. The molecule has 0 saturated heterocycles. The van der Waals surface area contributed by atoms with E-state index in [1.54, 1.807) is 39.0 Å². The van der Waals surface area contributed by atoms with E-state index >= 15 is 0 Å². The molecular formula is C14H15Cl2NO2. The topological polar surface area (TPSA) is 50.1 Å². The summed E-state index contributed by atoms with van der Waals surface area (Å²) in [4.78, 5) is 11.7. The molecule has 1 unspecified atom stereocenters. The quantitative estimate of drug-likeness (QED) is 0.780. The van der Waals surface area contributed by atoms with Crippen molar-refractivity contribution >= 4 is 29.2 Å². The standard InChI is InChI=1S/C14H15Cl2NO2/c1-14(2,3)19-13(18)6-9(8-17)11-5-4-10(15)7-12(11)16/h4-5,7,9H,6H2,1-3H3. The lowest BCUT2D eigenvalue weighted by Gasteiger charge is -2.20. The maximum atomic E-state index is 11.7. The normalized spacial score (nSPS) is 12.6. The van der Waals surface area contributed by atoms with E-state index < -0.39 is 17.5 Å². The van der Waals surface area contributed by atoms with E-state index in [2.05, 4.69) is 6.07 Å². The summed E-state index contributed by atoms with van der Waals surface area (Å²) in [6.07, 6.45) is -0.0326. The average molecular weight is 300 g/mol. The minimum absolute atomic E-state index is 0.0326. The van der Waals surface area contributed by atoms with E-state index in [1.165, 1.54) is 0 Å². The Morgan fingerprint density at radius 2 is 2.05 bits per heavy atom. The highest BCUT2D eigenvalue weighted by molar-refractivity contribution is 6.35. The van der Waals surface area contributed by atoms with Crippen LogP contribution in [0.25, 0.3) is 0 Å². The van der Waals surface area contributed by atoms with Crippen LogP contribution in [0.3, 0.4) is 0 Å². The molecule has 1 atom stereocenters. The first-order chi connectivity index (χ1) is 8.73. The van der Waals surface area contributed by atoms with Gasteiger partial charge >= 0.3 is 5.97 Å². The van der Waals surface area contributed by atoms with Gasteiger partial charge in [0.1, 0.15) is 5.60 Å². The number of ether oxygens (including phenoxy) is 1. The lowest BCUT2D eigenvalue weighted by molar-refractivity contribution is -0.154. The van der Waals surface area contributed by atoms with Crippen molar-refractivity contribution in [2.45, 2.75) is 38.7 Å². The highest BCUT2D eigenvalue weighted by Crippen LogP contribution is 2.29. The average Bonchev–Trinajstić information content (AvgIpc) is 2.24. The minimum Gasteiger partial charge on any atom is -0.460 e. The number of rotatable bonds is 3. The molecule has 3 nitrogen and oxygen atoms in total. The Balaban J connectivity index is 2.85. The van der Waals surface area contributed by atoms with Crippen molar-refractivity contribution in [1.82, 2.24) is 0 Å². The van der Waals surface area contributed by atoms with Crippen LogP contribution in [0.2, 0.25) is 10.0 Å². The molecule has 0 bridgehead atoms. The first-order valence-corrected chi connectivity index (χ1v) is 6.55. The van der Waals surface area contributed by atoms with Gasteiger partial charge in [0.2, 0.25) is 0 Å².